The maximum Gasteiger partial charge on any atom is 0.160 e. The Morgan fingerprint density at radius 1 is 0.723 bits per heavy atom. The third-order valence-corrected chi connectivity index (χ3v) is 11.1. The van der Waals surface area contributed by atoms with E-state index in [0.717, 1.165) is 61.6 Å². The molecule has 0 heterocycles. The lowest BCUT2D eigenvalue weighted by Crippen LogP contribution is -2.26. The van der Waals surface area contributed by atoms with Crippen molar-refractivity contribution in [1.82, 2.24) is 0 Å². The maximum atomic E-state index is 14.5. The van der Waals surface area contributed by atoms with Crippen LogP contribution in [0.15, 0.2) is 121 Å². The molecule has 5 aromatic rings. The Bertz CT molecular complexity index is 1740. The van der Waals surface area contributed by atoms with E-state index < -0.39 is 0 Å². The topological polar surface area (TPSA) is 26.3 Å². The third-order valence-electron chi connectivity index (χ3n) is 9.00. The standard InChI is InChI=1S/C43H46FO2P/c1-4-6-16-25-43(5-2,47-41-24-23-38(44)30-39(41)32(3)45)40-29-36(26-33-17-10-7-11-18-33)28-37(27-34-19-12-8-13-20-34)42(40)46-31-35-21-14-9-15-22-35/h7-15,17-24,28-30,47H,4-6,16,25-27,31H2,1-3H3. The molecular weight excluding hydrogens is 598 g/mol. The summed E-state index contributed by atoms with van der Waals surface area (Å²) in [6.45, 7) is 6.50. The fraction of sp³-hybridized carbons (Fsp3) is 0.279. The molecule has 47 heavy (non-hydrogen) atoms. The number of hydrogen-bond acceptors (Lipinski definition) is 2. The summed E-state index contributed by atoms with van der Waals surface area (Å²) in [6, 6.07) is 41.0. The van der Waals surface area contributed by atoms with E-state index in [1.54, 1.807) is 6.92 Å². The molecule has 5 rings (SSSR count). The SMILES string of the molecule is CCCCCC(CC)(Pc1ccc(F)cc1C(C)=O)c1cc(Cc2ccccc2)cc(Cc2ccccc2)c1OCc1ccccc1. The van der Waals surface area contributed by atoms with E-state index in [9.17, 15) is 9.18 Å². The predicted molar refractivity (Wildman–Crippen MR) is 196 cm³/mol. The van der Waals surface area contributed by atoms with Crippen LogP contribution in [0.1, 0.15) is 96.6 Å². The number of carbonyl (C=O) groups excluding carboxylic acids is 1. The molecule has 0 amide bonds. The number of halogens is 1. The molecule has 0 aliphatic carbocycles. The average molecular weight is 645 g/mol. The molecule has 5 aromatic carbocycles. The van der Waals surface area contributed by atoms with Crippen LogP contribution >= 0.6 is 8.58 Å². The summed E-state index contributed by atoms with van der Waals surface area (Å²) in [5.74, 6) is 0.458. The highest BCUT2D eigenvalue weighted by atomic mass is 31.1. The lowest BCUT2D eigenvalue weighted by Gasteiger charge is -2.37. The van der Waals surface area contributed by atoms with E-state index in [-0.39, 0.29) is 25.3 Å². The largest absolute Gasteiger partial charge is 0.488 e. The molecule has 242 valence electrons. The van der Waals surface area contributed by atoms with Gasteiger partial charge >= 0.3 is 0 Å². The van der Waals surface area contributed by atoms with Crippen LogP contribution in [0.2, 0.25) is 0 Å². The second-order valence-electron chi connectivity index (χ2n) is 12.5. The van der Waals surface area contributed by atoms with Gasteiger partial charge in [0.25, 0.3) is 0 Å². The summed E-state index contributed by atoms with van der Waals surface area (Å²) in [5, 5.41) is 0.616. The molecule has 0 aromatic heterocycles. The second kappa shape index (κ2) is 16.7. The van der Waals surface area contributed by atoms with Crippen molar-refractivity contribution in [3.8, 4) is 5.75 Å². The highest BCUT2D eigenvalue weighted by Crippen LogP contribution is 2.53. The molecule has 0 aliphatic heterocycles. The highest BCUT2D eigenvalue weighted by Gasteiger charge is 2.36. The smallest absolute Gasteiger partial charge is 0.160 e. The first-order valence-corrected chi connectivity index (χ1v) is 17.9. The van der Waals surface area contributed by atoms with Gasteiger partial charge in [-0.15, -0.1) is 0 Å². The lowest BCUT2D eigenvalue weighted by molar-refractivity contribution is 0.101. The minimum atomic E-state index is -0.376. The van der Waals surface area contributed by atoms with Gasteiger partial charge in [0.15, 0.2) is 5.78 Å². The predicted octanol–water partition coefficient (Wildman–Crippen LogP) is 11.0. The van der Waals surface area contributed by atoms with Crippen LogP contribution in [0.4, 0.5) is 4.39 Å². The molecule has 0 aliphatic rings. The fourth-order valence-corrected chi connectivity index (χ4v) is 8.33. The molecule has 0 saturated carbocycles. The number of unbranched alkanes of at least 4 members (excludes halogenated alkanes) is 2. The number of carbonyl (C=O) groups is 1. The number of hydrogen-bond donors (Lipinski definition) is 0. The molecular formula is C43H46FO2P. The molecule has 0 radical (unpaired) electrons. The lowest BCUT2D eigenvalue weighted by atomic mass is 9.84. The van der Waals surface area contributed by atoms with E-state index in [1.807, 2.05) is 24.3 Å². The Kier molecular flexibility index (Phi) is 12.1. The van der Waals surface area contributed by atoms with Crippen LogP contribution in [0, 0.1) is 5.82 Å². The van der Waals surface area contributed by atoms with Gasteiger partial charge in [-0.2, -0.15) is 0 Å². The number of benzene rings is 5. The van der Waals surface area contributed by atoms with Gasteiger partial charge in [-0.25, -0.2) is 4.39 Å². The average Bonchev–Trinajstić information content (AvgIpc) is 3.09. The Morgan fingerprint density at radius 3 is 1.94 bits per heavy atom. The molecule has 4 heteroatoms. The Morgan fingerprint density at radius 2 is 1.34 bits per heavy atom. The molecule has 0 N–H and O–H groups in total. The normalized spacial score (nSPS) is 12.7. The summed E-state index contributed by atoms with van der Waals surface area (Å²) in [6.07, 6.45) is 6.66. The van der Waals surface area contributed by atoms with Crippen molar-refractivity contribution in [3.05, 3.63) is 166 Å². The van der Waals surface area contributed by atoms with Crippen molar-refractivity contribution >= 4 is 19.7 Å². The van der Waals surface area contributed by atoms with Crippen molar-refractivity contribution in [2.24, 2.45) is 0 Å². The molecule has 2 nitrogen and oxygen atoms in total. The molecule has 0 bridgehead atoms. The van der Waals surface area contributed by atoms with Crippen molar-refractivity contribution in [2.75, 3.05) is 0 Å². The van der Waals surface area contributed by atoms with E-state index in [2.05, 4.69) is 98.8 Å². The molecule has 2 atom stereocenters. The van der Waals surface area contributed by atoms with Crippen molar-refractivity contribution < 1.29 is 13.9 Å². The zero-order chi connectivity index (χ0) is 33.1. The molecule has 0 spiro atoms. The van der Waals surface area contributed by atoms with Crippen LogP contribution in [0.25, 0.3) is 0 Å². The van der Waals surface area contributed by atoms with Crippen LogP contribution in [-0.4, -0.2) is 5.78 Å². The zero-order valence-electron chi connectivity index (χ0n) is 27.9. The number of Topliss-reactive ketones (excluding diaryl/α,β-unsaturated/α-hetero) is 1. The third kappa shape index (κ3) is 9.05. The van der Waals surface area contributed by atoms with Gasteiger partial charge < -0.3 is 4.74 Å². The first-order valence-electron chi connectivity index (χ1n) is 16.9. The van der Waals surface area contributed by atoms with Crippen molar-refractivity contribution in [3.63, 3.8) is 0 Å². The Hall–Kier alpha value is -4.07. The van der Waals surface area contributed by atoms with E-state index in [4.69, 9.17) is 4.74 Å². The number of ketones is 1. The van der Waals surface area contributed by atoms with Gasteiger partial charge in [-0.05, 0) is 71.4 Å². The van der Waals surface area contributed by atoms with Gasteiger partial charge in [0.2, 0.25) is 0 Å². The van der Waals surface area contributed by atoms with Crippen LogP contribution in [0.5, 0.6) is 5.75 Å². The minimum absolute atomic E-state index is 0.103. The summed E-state index contributed by atoms with van der Waals surface area (Å²) in [5.41, 5.74) is 7.69. The number of ether oxygens (including phenoxy) is 1. The summed E-state index contributed by atoms with van der Waals surface area (Å²) >= 11 is 0. The first kappa shape index (κ1) is 34.3. The number of rotatable bonds is 16. The monoisotopic (exact) mass is 644 g/mol. The summed E-state index contributed by atoms with van der Waals surface area (Å²) < 4.78 is 21.4. The van der Waals surface area contributed by atoms with Gasteiger partial charge in [0.05, 0.1) is 0 Å². The van der Waals surface area contributed by atoms with Gasteiger partial charge in [0, 0.05) is 22.7 Å². The molecule has 0 fully saturated rings. The Balaban J connectivity index is 1.73. The second-order valence-corrected chi connectivity index (χ2v) is 14.2. The molecule has 0 saturated heterocycles. The van der Waals surface area contributed by atoms with Crippen molar-refractivity contribution in [2.45, 2.75) is 77.5 Å². The van der Waals surface area contributed by atoms with E-state index in [0.29, 0.717) is 12.2 Å². The van der Waals surface area contributed by atoms with Gasteiger partial charge in [0.1, 0.15) is 18.2 Å². The van der Waals surface area contributed by atoms with E-state index >= 15 is 0 Å². The molecule has 2 unspecified atom stereocenters. The van der Waals surface area contributed by atoms with Crippen LogP contribution < -0.4 is 10.0 Å². The summed E-state index contributed by atoms with van der Waals surface area (Å²) in [4.78, 5) is 12.8. The van der Waals surface area contributed by atoms with Gasteiger partial charge in [-0.1, -0.05) is 151 Å². The maximum absolute atomic E-state index is 14.5. The Labute approximate surface area is 282 Å². The zero-order valence-corrected chi connectivity index (χ0v) is 28.9. The highest BCUT2D eigenvalue weighted by molar-refractivity contribution is 7.48. The fourth-order valence-electron chi connectivity index (χ4n) is 6.46. The minimum Gasteiger partial charge on any atom is -0.488 e. The summed E-state index contributed by atoms with van der Waals surface area (Å²) in [7, 11) is 0.271. The van der Waals surface area contributed by atoms with Crippen molar-refractivity contribution in [1.29, 1.82) is 0 Å². The van der Waals surface area contributed by atoms with Crippen LogP contribution in [-0.2, 0) is 24.6 Å². The van der Waals surface area contributed by atoms with Crippen LogP contribution in [0.3, 0.4) is 0 Å². The first-order chi connectivity index (χ1) is 22.9. The van der Waals surface area contributed by atoms with Gasteiger partial charge in [-0.3, -0.25) is 4.79 Å². The quantitative estimate of drug-likeness (QED) is 0.0607. The van der Waals surface area contributed by atoms with E-state index in [1.165, 1.54) is 39.9 Å².